The van der Waals surface area contributed by atoms with Gasteiger partial charge in [-0.3, -0.25) is 0 Å². The van der Waals surface area contributed by atoms with Crippen molar-refractivity contribution in [1.29, 1.82) is 0 Å². The van der Waals surface area contributed by atoms with Crippen molar-refractivity contribution in [1.82, 2.24) is 20.1 Å². The molecular formula is C9H15F3N4. The van der Waals surface area contributed by atoms with Crippen LogP contribution in [0.2, 0.25) is 0 Å². The molecule has 0 atom stereocenters. The van der Waals surface area contributed by atoms with Crippen molar-refractivity contribution in [3.05, 3.63) is 11.6 Å². The Kier molecular flexibility index (Phi) is 4.28. The molecule has 16 heavy (non-hydrogen) atoms. The van der Waals surface area contributed by atoms with E-state index in [1.165, 1.54) is 0 Å². The lowest BCUT2D eigenvalue weighted by atomic mass is 10.4. The summed E-state index contributed by atoms with van der Waals surface area (Å²) in [5.41, 5.74) is 0. The number of hydrogen-bond acceptors (Lipinski definition) is 3. The second-order valence-corrected chi connectivity index (χ2v) is 3.53. The van der Waals surface area contributed by atoms with E-state index in [2.05, 4.69) is 15.5 Å². The SMILES string of the molecule is CCCn1c(C)nnc1CNCC(F)(F)F. The van der Waals surface area contributed by atoms with Crippen molar-refractivity contribution in [3.8, 4) is 0 Å². The number of aryl methyl sites for hydroxylation is 1. The van der Waals surface area contributed by atoms with Crippen LogP contribution in [0, 0.1) is 6.92 Å². The van der Waals surface area contributed by atoms with Gasteiger partial charge in [0.2, 0.25) is 0 Å². The van der Waals surface area contributed by atoms with Gasteiger partial charge < -0.3 is 9.88 Å². The van der Waals surface area contributed by atoms with Gasteiger partial charge in [-0.2, -0.15) is 13.2 Å². The minimum Gasteiger partial charge on any atom is -0.314 e. The molecule has 0 amide bonds. The average molecular weight is 236 g/mol. The van der Waals surface area contributed by atoms with Gasteiger partial charge in [0.1, 0.15) is 11.6 Å². The van der Waals surface area contributed by atoms with Crippen LogP contribution >= 0.6 is 0 Å². The first-order valence-electron chi connectivity index (χ1n) is 5.10. The third-order valence-corrected chi connectivity index (χ3v) is 2.07. The highest BCUT2D eigenvalue weighted by Gasteiger charge is 2.26. The van der Waals surface area contributed by atoms with Crippen molar-refractivity contribution in [2.45, 2.75) is 39.5 Å². The van der Waals surface area contributed by atoms with E-state index in [9.17, 15) is 13.2 Å². The highest BCUT2D eigenvalue weighted by Crippen LogP contribution is 2.12. The summed E-state index contributed by atoms with van der Waals surface area (Å²) in [4.78, 5) is 0. The van der Waals surface area contributed by atoms with Gasteiger partial charge in [-0.15, -0.1) is 10.2 Å². The van der Waals surface area contributed by atoms with Crippen LogP contribution in [0.4, 0.5) is 13.2 Å². The summed E-state index contributed by atoms with van der Waals surface area (Å²) in [6, 6.07) is 0. The zero-order valence-electron chi connectivity index (χ0n) is 9.30. The van der Waals surface area contributed by atoms with Crippen LogP contribution in [0.25, 0.3) is 0 Å². The van der Waals surface area contributed by atoms with Crippen LogP contribution in [-0.4, -0.2) is 27.5 Å². The van der Waals surface area contributed by atoms with E-state index < -0.39 is 12.7 Å². The molecule has 1 aromatic rings. The Bertz CT molecular complexity index is 332. The van der Waals surface area contributed by atoms with Gasteiger partial charge in [0.15, 0.2) is 0 Å². The van der Waals surface area contributed by atoms with Crippen LogP contribution in [0.1, 0.15) is 25.0 Å². The molecular weight excluding hydrogens is 221 g/mol. The second kappa shape index (κ2) is 5.29. The van der Waals surface area contributed by atoms with E-state index in [0.717, 1.165) is 18.8 Å². The molecule has 0 aliphatic carbocycles. The summed E-state index contributed by atoms with van der Waals surface area (Å²) in [5.74, 6) is 1.27. The Morgan fingerprint density at radius 3 is 2.56 bits per heavy atom. The number of aromatic nitrogens is 3. The Morgan fingerprint density at radius 2 is 2.00 bits per heavy atom. The lowest BCUT2D eigenvalue weighted by Crippen LogP contribution is -2.29. The van der Waals surface area contributed by atoms with Crippen molar-refractivity contribution in [3.63, 3.8) is 0 Å². The van der Waals surface area contributed by atoms with E-state index in [0.29, 0.717) is 5.82 Å². The Morgan fingerprint density at radius 1 is 1.31 bits per heavy atom. The molecule has 1 rings (SSSR count). The van der Waals surface area contributed by atoms with Gasteiger partial charge in [-0.1, -0.05) is 6.92 Å². The first-order chi connectivity index (χ1) is 7.44. The fourth-order valence-corrected chi connectivity index (χ4v) is 1.39. The molecule has 1 N–H and O–H groups in total. The minimum atomic E-state index is -4.19. The predicted octanol–water partition coefficient (Wildman–Crippen LogP) is 1.65. The summed E-state index contributed by atoms with van der Waals surface area (Å²) in [6.07, 6.45) is -3.30. The molecule has 0 spiro atoms. The van der Waals surface area contributed by atoms with Gasteiger partial charge in [-0.05, 0) is 13.3 Å². The smallest absolute Gasteiger partial charge is 0.314 e. The molecule has 0 unspecified atom stereocenters. The van der Waals surface area contributed by atoms with E-state index in [4.69, 9.17) is 0 Å². The van der Waals surface area contributed by atoms with Gasteiger partial charge >= 0.3 is 6.18 Å². The topological polar surface area (TPSA) is 42.7 Å². The Balaban J connectivity index is 2.53. The lowest BCUT2D eigenvalue weighted by Gasteiger charge is -2.09. The third-order valence-electron chi connectivity index (χ3n) is 2.07. The van der Waals surface area contributed by atoms with Gasteiger partial charge in [0.05, 0.1) is 13.1 Å². The number of halogens is 3. The van der Waals surface area contributed by atoms with Crippen LogP contribution in [0.5, 0.6) is 0 Å². The zero-order chi connectivity index (χ0) is 12.2. The summed E-state index contributed by atoms with van der Waals surface area (Å²) in [5, 5.41) is 9.98. The Hall–Kier alpha value is -1.11. The van der Waals surface area contributed by atoms with Crippen molar-refractivity contribution in [2.75, 3.05) is 6.54 Å². The monoisotopic (exact) mass is 236 g/mol. The molecule has 1 aromatic heterocycles. The number of hydrogen-bond donors (Lipinski definition) is 1. The standard InChI is InChI=1S/C9H15F3N4/c1-3-4-16-7(2)14-15-8(16)5-13-6-9(10,11)12/h13H,3-6H2,1-2H3. The highest BCUT2D eigenvalue weighted by molar-refractivity contribution is 4.93. The second-order valence-electron chi connectivity index (χ2n) is 3.53. The molecule has 1 heterocycles. The lowest BCUT2D eigenvalue weighted by molar-refractivity contribution is -0.125. The van der Waals surface area contributed by atoms with Crippen LogP contribution < -0.4 is 5.32 Å². The first kappa shape index (κ1) is 13.0. The summed E-state index contributed by atoms with van der Waals surface area (Å²) in [7, 11) is 0. The zero-order valence-corrected chi connectivity index (χ0v) is 9.30. The maximum absolute atomic E-state index is 11.9. The summed E-state index contributed by atoms with van der Waals surface area (Å²) >= 11 is 0. The van der Waals surface area contributed by atoms with Crippen molar-refractivity contribution < 1.29 is 13.2 Å². The molecule has 7 heteroatoms. The molecule has 0 saturated carbocycles. The maximum Gasteiger partial charge on any atom is 0.401 e. The molecule has 0 radical (unpaired) electrons. The maximum atomic E-state index is 11.9. The van der Waals surface area contributed by atoms with Crippen LogP contribution in [0.15, 0.2) is 0 Å². The first-order valence-corrected chi connectivity index (χ1v) is 5.10. The summed E-state index contributed by atoms with van der Waals surface area (Å²) < 4.78 is 37.5. The fraction of sp³-hybridized carbons (Fsp3) is 0.778. The van der Waals surface area contributed by atoms with Gasteiger partial charge in [0, 0.05) is 6.54 Å². The molecule has 0 aliphatic rings. The molecule has 0 bridgehead atoms. The van der Waals surface area contributed by atoms with E-state index in [1.807, 2.05) is 11.5 Å². The van der Waals surface area contributed by atoms with Crippen LogP contribution in [-0.2, 0) is 13.1 Å². The Labute approximate surface area is 91.9 Å². The van der Waals surface area contributed by atoms with E-state index >= 15 is 0 Å². The quantitative estimate of drug-likeness (QED) is 0.845. The van der Waals surface area contributed by atoms with Gasteiger partial charge in [0.25, 0.3) is 0 Å². The summed E-state index contributed by atoms with van der Waals surface area (Å²) in [6.45, 7) is 3.58. The average Bonchev–Trinajstić information content (AvgIpc) is 2.48. The molecule has 4 nitrogen and oxygen atoms in total. The molecule has 0 aliphatic heterocycles. The van der Waals surface area contributed by atoms with Gasteiger partial charge in [-0.25, -0.2) is 0 Å². The van der Waals surface area contributed by atoms with E-state index in [-0.39, 0.29) is 6.54 Å². The highest BCUT2D eigenvalue weighted by atomic mass is 19.4. The predicted molar refractivity (Wildman–Crippen MR) is 52.8 cm³/mol. The molecule has 0 aromatic carbocycles. The molecule has 0 fully saturated rings. The number of alkyl halides is 3. The minimum absolute atomic E-state index is 0.0837. The third kappa shape index (κ3) is 3.80. The van der Waals surface area contributed by atoms with Crippen molar-refractivity contribution in [2.24, 2.45) is 0 Å². The largest absolute Gasteiger partial charge is 0.401 e. The number of nitrogens with one attached hydrogen (secondary N) is 1. The number of rotatable bonds is 5. The normalized spacial score (nSPS) is 12.1. The molecule has 0 saturated heterocycles. The fourth-order valence-electron chi connectivity index (χ4n) is 1.39. The molecule has 92 valence electrons. The van der Waals surface area contributed by atoms with E-state index in [1.54, 1.807) is 6.92 Å². The van der Waals surface area contributed by atoms with Crippen molar-refractivity contribution >= 4 is 0 Å². The number of nitrogens with zero attached hydrogens (tertiary/aromatic N) is 3. The van der Waals surface area contributed by atoms with Crippen LogP contribution in [0.3, 0.4) is 0 Å².